The van der Waals surface area contributed by atoms with Crippen LogP contribution in [0.25, 0.3) is 0 Å². The van der Waals surface area contributed by atoms with Crippen molar-refractivity contribution < 1.29 is 28.2 Å². The summed E-state index contributed by atoms with van der Waals surface area (Å²) in [4.78, 5) is 24.7. The molecule has 1 aliphatic rings. The van der Waals surface area contributed by atoms with Crippen LogP contribution in [0, 0.1) is 11.6 Å². The van der Waals surface area contributed by atoms with Gasteiger partial charge in [0.2, 0.25) is 0 Å². The molecule has 1 N–H and O–H groups in total. The summed E-state index contributed by atoms with van der Waals surface area (Å²) < 4.78 is 33.1. The number of benzene rings is 1. The van der Waals surface area contributed by atoms with Gasteiger partial charge in [-0.1, -0.05) is 0 Å². The van der Waals surface area contributed by atoms with Crippen LogP contribution < -0.4 is 0 Å². The Labute approximate surface area is 139 Å². The van der Waals surface area contributed by atoms with Gasteiger partial charge in [0.05, 0.1) is 5.56 Å². The van der Waals surface area contributed by atoms with Crippen LogP contribution in [0.4, 0.5) is 13.6 Å². The number of carbonyl (C=O) groups excluding carboxylic acids is 1. The number of rotatable bonds is 2. The maximum Gasteiger partial charge on any atom is 0.410 e. The number of nitrogens with zero attached hydrogens (tertiary/aromatic N) is 1. The number of hydrogen-bond acceptors (Lipinski definition) is 3. The molecule has 1 aromatic rings. The van der Waals surface area contributed by atoms with E-state index in [2.05, 4.69) is 0 Å². The summed E-state index contributed by atoms with van der Waals surface area (Å²) in [5.41, 5.74) is -0.969. The Bertz CT molecular complexity index is 655. The zero-order valence-corrected chi connectivity index (χ0v) is 13.9. The molecule has 0 bridgehead atoms. The fourth-order valence-electron chi connectivity index (χ4n) is 2.75. The summed E-state index contributed by atoms with van der Waals surface area (Å²) in [6.07, 6.45) is 0.628. The van der Waals surface area contributed by atoms with Crippen molar-refractivity contribution in [1.29, 1.82) is 0 Å². The van der Waals surface area contributed by atoms with Crippen molar-refractivity contribution in [1.82, 2.24) is 4.90 Å². The summed E-state index contributed by atoms with van der Waals surface area (Å²) in [7, 11) is 0. The van der Waals surface area contributed by atoms with Crippen molar-refractivity contribution in [2.75, 3.05) is 13.1 Å². The number of hydrogen-bond donors (Lipinski definition) is 1. The first-order chi connectivity index (χ1) is 11.1. The van der Waals surface area contributed by atoms with E-state index in [9.17, 15) is 18.4 Å². The Morgan fingerprint density at radius 2 is 1.96 bits per heavy atom. The lowest BCUT2D eigenvalue weighted by Crippen LogP contribution is -2.42. The zero-order chi connectivity index (χ0) is 18.1. The Kier molecular flexibility index (Phi) is 5.11. The minimum atomic E-state index is -1.32. The van der Waals surface area contributed by atoms with Crippen molar-refractivity contribution in [3.05, 3.63) is 34.9 Å². The summed E-state index contributed by atoms with van der Waals surface area (Å²) in [5, 5.41) is 9.02. The van der Waals surface area contributed by atoms with Gasteiger partial charge in [-0.2, -0.15) is 0 Å². The van der Waals surface area contributed by atoms with Gasteiger partial charge in [0.15, 0.2) is 11.6 Å². The molecule has 24 heavy (non-hydrogen) atoms. The third-order valence-corrected chi connectivity index (χ3v) is 3.82. The summed E-state index contributed by atoms with van der Waals surface area (Å²) in [6.45, 7) is 5.87. The number of halogens is 2. The van der Waals surface area contributed by atoms with E-state index in [0.29, 0.717) is 25.5 Å². The van der Waals surface area contributed by atoms with E-state index in [1.54, 1.807) is 20.8 Å². The molecule has 1 heterocycles. The predicted octanol–water partition coefficient (Wildman–Crippen LogP) is 3.78. The molecule has 1 aliphatic heterocycles. The molecule has 7 heteroatoms. The first-order valence-corrected chi connectivity index (χ1v) is 7.78. The first-order valence-electron chi connectivity index (χ1n) is 7.78. The normalized spacial score (nSPS) is 18.4. The number of ether oxygens (including phenoxy) is 1. The molecule has 1 fully saturated rings. The van der Waals surface area contributed by atoms with Crippen molar-refractivity contribution in [2.24, 2.45) is 0 Å². The van der Waals surface area contributed by atoms with E-state index in [1.807, 2.05) is 0 Å². The van der Waals surface area contributed by atoms with Crippen LogP contribution in [0.2, 0.25) is 0 Å². The summed E-state index contributed by atoms with van der Waals surface area (Å²) in [6, 6.07) is 1.81. The second-order valence-electron chi connectivity index (χ2n) is 6.93. The highest BCUT2D eigenvalue weighted by molar-refractivity contribution is 5.87. The Morgan fingerprint density at radius 3 is 2.54 bits per heavy atom. The third kappa shape index (κ3) is 4.21. The van der Waals surface area contributed by atoms with Gasteiger partial charge in [0.25, 0.3) is 0 Å². The van der Waals surface area contributed by atoms with Gasteiger partial charge in [-0.15, -0.1) is 0 Å². The Balaban J connectivity index is 2.23. The van der Waals surface area contributed by atoms with E-state index in [0.717, 1.165) is 6.07 Å². The summed E-state index contributed by atoms with van der Waals surface area (Å²) in [5.74, 6) is -4.05. The van der Waals surface area contributed by atoms with Crippen LogP contribution in [0.1, 0.15) is 55.5 Å². The maximum atomic E-state index is 14.1. The predicted molar refractivity (Wildman–Crippen MR) is 83.1 cm³/mol. The highest BCUT2D eigenvalue weighted by atomic mass is 19.2. The van der Waals surface area contributed by atoms with E-state index in [-0.39, 0.29) is 17.7 Å². The van der Waals surface area contributed by atoms with Crippen molar-refractivity contribution >= 4 is 12.1 Å². The zero-order valence-electron chi connectivity index (χ0n) is 13.9. The average molecular weight is 341 g/mol. The van der Waals surface area contributed by atoms with Crippen LogP contribution >= 0.6 is 0 Å². The number of amides is 1. The molecular formula is C17H21F2NO4. The van der Waals surface area contributed by atoms with Crippen LogP contribution in [0.5, 0.6) is 0 Å². The van der Waals surface area contributed by atoms with E-state index in [4.69, 9.17) is 9.84 Å². The summed E-state index contributed by atoms with van der Waals surface area (Å²) >= 11 is 0. The maximum absolute atomic E-state index is 14.1. The van der Waals surface area contributed by atoms with Gasteiger partial charge in [-0.05, 0) is 51.3 Å². The molecule has 0 saturated carbocycles. The fourth-order valence-corrected chi connectivity index (χ4v) is 2.75. The average Bonchev–Trinajstić information content (AvgIpc) is 2.48. The highest BCUT2D eigenvalue weighted by Gasteiger charge is 2.30. The molecule has 1 saturated heterocycles. The molecule has 0 aliphatic carbocycles. The first kappa shape index (κ1) is 18.2. The Morgan fingerprint density at radius 1 is 1.29 bits per heavy atom. The number of carbonyl (C=O) groups is 2. The van der Waals surface area contributed by atoms with Gasteiger partial charge in [-0.25, -0.2) is 18.4 Å². The molecular weight excluding hydrogens is 320 g/mol. The van der Waals surface area contributed by atoms with Crippen LogP contribution in [-0.2, 0) is 4.74 Å². The number of carboxylic acid groups (broad SMARTS) is 1. The molecule has 0 aromatic heterocycles. The topological polar surface area (TPSA) is 66.8 Å². The monoisotopic (exact) mass is 341 g/mol. The standard InChI is InChI=1S/C17H21F2NO4/c1-17(2,3)24-16(23)20-6-4-5-10(9-20)12-7-11(15(21)22)8-13(18)14(12)19/h7-8,10H,4-6,9H2,1-3H3,(H,21,22). The van der Waals surface area contributed by atoms with Gasteiger partial charge >= 0.3 is 12.1 Å². The molecule has 1 atom stereocenters. The van der Waals surface area contributed by atoms with E-state index in [1.165, 1.54) is 4.90 Å². The minimum Gasteiger partial charge on any atom is -0.478 e. The second-order valence-corrected chi connectivity index (χ2v) is 6.93. The molecule has 0 spiro atoms. The SMILES string of the molecule is CC(C)(C)OC(=O)N1CCCC(c2cc(C(=O)O)cc(F)c2F)C1. The van der Waals surface area contributed by atoms with Crippen molar-refractivity contribution in [3.63, 3.8) is 0 Å². The van der Waals surface area contributed by atoms with Crippen molar-refractivity contribution in [3.8, 4) is 0 Å². The highest BCUT2D eigenvalue weighted by Crippen LogP contribution is 2.31. The molecule has 1 unspecified atom stereocenters. The number of carboxylic acids is 1. The Hall–Kier alpha value is -2.18. The van der Waals surface area contributed by atoms with Gasteiger partial charge in [0, 0.05) is 19.0 Å². The van der Waals surface area contributed by atoms with Gasteiger partial charge < -0.3 is 14.7 Å². The second kappa shape index (κ2) is 6.75. The lowest BCUT2D eigenvalue weighted by molar-refractivity contribution is 0.0196. The van der Waals surface area contributed by atoms with Crippen LogP contribution in [-0.4, -0.2) is 40.8 Å². The smallest absolute Gasteiger partial charge is 0.410 e. The molecule has 1 aromatic carbocycles. The lowest BCUT2D eigenvalue weighted by atomic mass is 9.89. The molecule has 2 rings (SSSR count). The van der Waals surface area contributed by atoms with E-state index >= 15 is 0 Å². The number of piperidine rings is 1. The fraction of sp³-hybridized carbons (Fsp3) is 0.529. The molecule has 1 amide bonds. The molecule has 0 radical (unpaired) electrons. The molecule has 132 valence electrons. The largest absolute Gasteiger partial charge is 0.478 e. The van der Waals surface area contributed by atoms with Crippen molar-refractivity contribution in [2.45, 2.75) is 45.1 Å². The quantitative estimate of drug-likeness (QED) is 0.889. The van der Waals surface area contributed by atoms with Crippen LogP contribution in [0.15, 0.2) is 12.1 Å². The lowest BCUT2D eigenvalue weighted by Gasteiger charge is -2.34. The molecule has 5 nitrogen and oxygen atoms in total. The number of aromatic carboxylic acids is 1. The third-order valence-electron chi connectivity index (χ3n) is 3.82. The van der Waals surface area contributed by atoms with Crippen LogP contribution in [0.3, 0.4) is 0 Å². The van der Waals surface area contributed by atoms with Gasteiger partial charge in [-0.3, -0.25) is 0 Å². The van der Waals surface area contributed by atoms with E-state index < -0.39 is 35.2 Å². The number of likely N-dealkylation sites (tertiary alicyclic amines) is 1. The minimum absolute atomic E-state index is 0.0133. The van der Waals surface area contributed by atoms with Gasteiger partial charge in [0.1, 0.15) is 5.60 Å².